The summed E-state index contributed by atoms with van der Waals surface area (Å²) in [6.45, 7) is 8.77. The maximum Gasteiger partial charge on any atom is 0.410 e. The summed E-state index contributed by atoms with van der Waals surface area (Å²) in [4.78, 5) is 30.4. The molecule has 0 N–H and O–H groups in total. The van der Waals surface area contributed by atoms with E-state index in [-0.39, 0.29) is 23.8 Å². The number of carbonyl (C=O) groups excluding carboxylic acids is 2. The van der Waals surface area contributed by atoms with Crippen molar-refractivity contribution in [1.82, 2.24) is 9.96 Å². The predicted octanol–water partition coefficient (Wildman–Crippen LogP) is 1.90. The first-order valence-corrected chi connectivity index (χ1v) is 6.92. The lowest BCUT2D eigenvalue weighted by atomic mass is 9.94. The van der Waals surface area contributed by atoms with Crippen LogP contribution in [0.3, 0.4) is 0 Å². The van der Waals surface area contributed by atoms with Gasteiger partial charge in [-0.05, 0) is 32.6 Å². The monoisotopic (exact) mass is 286 g/mol. The number of nitrogens with zero attached hydrogens (tertiary/aromatic N) is 2. The van der Waals surface area contributed by atoms with Gasteiger partial charge in [0.25, 0.3) is 0 Å². The summed E-state index contributed by atoms with van der Waals surface area (Å²) >= 11 is 0. The van der Waals surface area contributed by atoms with Crippen molar-refractivity contribution in [3.63, 3.8) is 0 Å². The van der Waals surface area contributed by atoms with Crippen molar-refractivity contribution in [3.8, 4) is 0 Å². The van der Waals surface area contributed by atoms with Gasteiger partial charge in [-0.3, -0.25) is 9.63 Å². The minimum atomic E-state index is -0.496. The molecular formula is C14H26N2O4. The zero-order valence-corrected chi connectivity index (χ0v) is 13.3. The number of hydroxylamine groups is 2. The zero-order valence-electron chi connectivity index (χ0n) is 13.3. The summed E-state index contributed by atoms with van der Waals surface area (Å²) in [5, 5.41) is 1.23. The number of hydrogen-bond donors (Lipinski definition) is 0. The topological polar surface area (TPSA) is 59.1 Å². The van der Waals surface area contributed by atoms with E-state index < -0.39 is 5.60 Å². The summed E-state index contributed by atoms with van der Waals surface area (Å²) in [6.07, 6.45) is 0.0737. The molecule has 0 spiro atoms. The van der Waals surface area contributed by atoms with E-state index in [2.05, 4.69) is 6.92 Å². The van der Waals surface area contributed by atoms with Crippen LogP contribution in [0.4, 0.5) is 4.79 Å². The maximum atomic E-state index is 12.0. The average Bonchev–Trinajstić information content (AvgIpc) is 2.68. The van der Waals surface area contributed by atoms with Crippen molar-refractivity contribution in [2.24, 2.45) is 11.8 Å². The highest BCUT2D eigenvalue weighted by Crippen LogP contribution is 2.27. The fraction of sp³-hybridized carbons (Fsp3) is 0.857. The Kier molecular flexibility index (Phi) is 5.39. The van der Waals surface area contributed by atoms with Crippen molar-refractivity contribution in [3.05, 3.63) is 0 Å². The van der Waals surface area contributed by atoms with E-state index in [0.717, 1.165) is 0 Å². The molecule has 1 heterocycles. The molecule has 2 amide bonds. The summed E-state index contributed by atoms with van der Waals surface area (Å²) in [7, 11) is 3.05. The molecule has 0 aromatic heterocycles. The Hall–Kier alpha value is -1.30. The first-order valence-electron chi connectivity index (χ1n) is 6.92. The quantitative estimate of drug-likeness (QED) is 0.744. The third kappa shape index (κ3) is 4.67. The van der Waals surface area contributed by atoms with Crippen molar-refractivity contribution < 1.29 is 19.2 Å². The summed E-state index contributed by atoms with van der Waals surface area (Å²) in [5.41, 5.74) is -0.496. The summed E-state index contributed by atoms with van der Waals surface area (Å²) in [6, 6.07) is 0. The lowest BCUT2D eigenvalue weighted by Crippen LogP contribution is -2.35. The number of hydrogen-bond acceptors (Lipinski definition) is 4. The van der Waals surface area contributed by atoms with Crippen LogP contribution in [0.15, 0.2) is 0 Å². The van der Waals surface area contributed by atoms with Crippen molar-refractivity contribution in [2.75, 3.05) is 27.2 Å². The standard InChI is InChI=1S/C14H26N2O4/c1-10-8-16(13(18)20-14(2,3)4)9-11(10)7-12(17)15(5)19-6/h10-11H,7-9H2,1-6H3/t10-,11-/m1/s1. The summed E-state index contributed by atoms with van der Waals surface area (Å²) < 4.78 is 5.36. The molecule has 0 aromatic carbocycles. The minimum absolute atomic E-state index is 0.0737. The SMILES string of the molecule is CON(C)C(=O)C[C@@H]1CN(C(=O)OC(C)(C)C)C[C@H]1C. The second kappa shape index (κ2) is 6.43. The molecule has 1 aliphatic heterocycles. The highest BCUT2D eigenvalue weighted by atomic mass is 16.7. The van der Waals surface area contributed by atoms with Gasteiger partial charge in [0.05, 0.1) is 7.11 Å². The Balaban J connectivity index is 2.55. The second-order valence-corrected chi connectivity index (χ2v) is 6.40. The number of amides is 2. The van der Waals surface area contributed by atoms with Crippen LogP contribution in [0.25, 0.3) is 0 Å². The normalized spacial score (nSPS) is 22.8. The van der Waals surface area contributed by atoms with E-state index in [1.165, 1.54) is 12.2 Å². The Morgan fingerprint density at radius 3 is 2.40 bits per heavy atom. The van der Waals surface area contributed by atoms with Gasteiger partial charge in [-0.15, -0.1) is 0 Å². The van der Waals surface area contributed by atoms with Crippen LogP contribution in [0.5, 0.6) is 0 Å². The molecule has 0 aromatic rings. The van der Waals surface area contributed by atoms with Gasteiger partial charge in [-0.2, -0.15) is 0 Å². The minimum Gasteiger partial charge on any atom is -0.444 e. The maximum absolute atomic E-state index is 12.0. The molecule has 1 saturated heterocycles. The van der Waals surface area contributed by atoms with Gasteiger partial charge < -0.3 is 9.64 Å². The molecule has 20 heavy (non-hydrogen) atoms. The van der Waals surface area contributed by atoms with Crippen molar-refractivity contribution in [2.45, 2.75) is 39.7 Å². The van der Waals surface area contributed by atoms with Gasteiger partial charge >= 0.3 is 6.09 Å². The van der Waals surface area contributed by atoms with Crippen LogP contribution in [0.2, 0.25) is 0 Å². The molecule has 0 radical (unpaired) electrons. The van der Waals surface area contributed by atoms with Crippen LogP contribution >= 0.6 is 0 Å². The van der Waals surface area contributed by atoms with Crippen LogP contribution in [0, 0.1) is 11.8 Å². The van der Waals surface area contributed by atoms with Gasteiger partial charge in [0.2, 0.25) is 5.91 Å². The van der Waals surface area contributed by atoms with Gasteiger partial charge in [0.15, 0.2) is 0 Å². The van der Waals surface area contributed by atoms with E-state index in [1.807, 2.05) is 20.8 Å². The zero-order chi connectivity index (χ0) is 15.5. The predicted molar refractivity (Wildman–Crippen MR) is 74.9 cm³/mol. The smallest absolute Gasteiger partial charge is 0.410 e. The van der Waals surface area contributed by atoms with Gasteiger partial charge in [-0.25, -0.2) is 9.86 Å². The molecular weight excluding hydrogens is 260 g/mol. The Morgan fingerprint density at radius 2 is 1.90 bits per heavy atom. The van der Waals surface area contributed by atoms with Crippen molar-refractivity contribution in [1.29, 1.82) is 0 Å². The van der Waals surface area contributed by atoms with Gasteiger partial charge in [0, 0.05) is 26.6 Å². The molecule has 1 aliphatic rings. The molecule has 0 saturated carbocycles. The van der Waals surface area contributed by atoms with Crippen LogP contribution in [0.1, 0.15) is 34.1 Å². The molecule has 0 unspecified atom stereocenters. The highest BCUT2D eigenvalue weighted by Gasteiger charge is 2.36. The fourth-order valence-corrected chi connectivity index (χ4v) is 2.23. The molecule has 0 bridgehead atoms. The third-order valence-corrected chi connectivity index (χ3v) is 3.48. The van der Waals surface area contributed by atoms with E-state index >= 15 is 0 Å². The third-order valence-electron chi connectivity index (χ3n) is 3.48. The number of ether oxygens (including phenoxy) is 1. The van der Waals surface area contributed by atoms with Crippen LogP contribution < -0.4 is 0 Å². The number of carbonyl (C=O) groups is 2. The second-order valence-electron chi connectivity index (χ2n) is 6.40. The molecule has 2 atom stereocenters. The van der Waals surface area contributed by atoms with Gasteiger partial charge in [-0.1, -0.05) is 6.92 Å². The Bertz CT molecular complexity index is 365. The lowest BCUT2D eigenvalue weighted by molar-refractivity contribution is -0.169. The van der Waals surface area contributed by atoms with Crippen LogP contribution in [-0.4, -0.2) is 54.8 Å². The molecule has 1 rings (SSSR count). The first-order chi connectivity index (χ1) is 9.14. The van der Waals surface area contributed by atoms with E-state index in [9.17, 15) is 9.59 Å². The van der Waals surface area contributed by atoms with E-state index in [0.29, 0.717) is 19.5 Å². The van der Waals surface area contributed by atoms with E-state index in [4.69, 9.17) is 9.57 Å². The largest absolute Gasteiger partial charge is 0.444 e. The molecule has 0 aliphatic carbocycles. The Labute approximate surface area is 121 Å². The Morgan fingerprint density at radius 1 is 1.30 bits per heavy atom. The summed E-state index contributed by atoms with van der Waals surface area (Å²) in [5.74, 6) is 0.347. The lowest BCUT2D eigenvalue weighted by Gasteiger charge is -2.24. The molecule has 1 fully saturated rings. The van der Waals surface area contributed by atoms with E-state index in [1.54, 1.807) is 11.9 Å². The molecule has 6 nitrogen and oxygen atoms in total. The first kappa shape index (κ1) is 16.8. The number of likely N-dealkylation sites (tertiary alicyclic amines) is 1. The fourth-order valence-electron chi connectivity index (χ4n) is 2.23. The molecule has 116 valence electrons. The van der Waals surface area contributed by atoms with Crippen LogP contribution in [-0.2, 0) is 14.4 Å². The van der Waals surface area contributed by atoms with Gasteiger partial charge in [0.1, 0.15) is 5.60 Å². The van der Waals surface area contributed by atoms with Crippen molar-refractivity contribution >= 4 is 12.0 Å². The molecule has 6 heteroatoms. The number of rotatable bonds is 3. The average molecular weight is 286 g/mol. The highest BCUT2D eigenvalue weighted by molar-refractivity contribution is 5.75.